The third-order valence-corrected chi connectivity index (χ3v) is 4.97. The van der Waals surface area contributed by atoms with Gasteiger partial charge in [0.1, 0.15) is 5.76 Å². The van der Waals surface area contributed by atoms with Crippen molar-refractivity contribution in [2.24, 2.45) is 0 Å². The van der Waals surface area contributed by atoms with Gasteiger partial charge in [-0.3, -0.25) is 14.5 Å². The maximum atomic E-state index is 12.8. The van der Waals surface area contributed by atoms with Crippen LogP contribution in [0.3, 0.4) is 0 Å². The van der Waals surface area contributed by atoms with E-state index in [2.05, 4.69) is 0 Å². The van der Waals surface area contributed by atoms with Gasteiger partial charge < -0.3 is 4.74 Å². The van der Waals surface area contributed by atoms with Crippen molar-refractivity contribution in [1.29, 1.82) is 0 Å². The molecule has 0 saturated heterocycles. The van der Waals surface area contributed by atoms with Crippen LogP contribution in [0.4, 0.5) is 0 Å². The maximum absolute atomic E-state index is 12.8. The number of rotatable bonds is 4. The lowest BCUT2D eigenvalue weighted by Gasteiger charge is -2.40. The van der Waals surface area contributed by atoms with E-state index in [1.165, 1.54) is 16.2 Å². The predicted molar refractivity (Wildman–Crippen MR) is 84.1 cm³/mol. The molecule has 2 heterocycles. The van der Waals surface area contributed by atoms with Crippen molar-refractivity contribution in [3.63, 3.8) is 0 Å². The number of amides is 1. The van der Waals surface area contributed by atoms with Crippen molar-refractivity contribution in [3.8, 4) is 0 Å². The Kier molecular flexibility index (Phi) is 4.44. The molecule has 0 aromatic carbocycles. The Labute approximate surface area is 133 Å². The summed E-state index contributed by atoms with van der Waals surface area (Å²) in [6, 6.07) is 3.54. The minimum absolute atomic E-state index is 0.00238. The lowest BCUT2D eigenvalue weighted by molar-refractivity contribution is -0.148. The normalized spacial score (nSPS) is 16.2. The second kappa shape index (κ2) is 5.81. The Hall–Kier alpha value is -1.33. The second-order valence-electron chi connectivity index (χ2n) is 5.38. The Bertz CT molecular complexity index is 618. The highest BCUT2D eigenvalue weighted by molar-refractivity contribution is 7.17. The molecule has 1 amide bonds. The molecule has 1 aliphatic heterocycles. The predicted octanol–water partition coefficient (Wildman–Crippen LogP) is 3.71. The van der Waals surface area contributed by atoms with Gasteiger partial charge in [0.05, 0.1) is 15.4 Å². The highest BCUT2D eigenvalue weighted by Gasteiger charge is 2.41. The zero-order valence-corrected chi connectivity index (χ0v) is 14.1. The zero-order chi connectivity index (χ0) is 15.8. The Morgan fingerprint density at radius 2 is 2.14 bits per heavy atom. The lowest BCUT2D eigenvalue weighted by Crippen LogP contribution is -2.55. The average Bonchev–Trinajstić information content (AvgIpc) is 2.83. The number of halogens is 1. The first-order valence-electron chi connectivity index (χ1n) is 6.73. The standard InChI is InChI=1S/C15H18ClNO3S/c1-5-11(18)15(3,4)17-8-20-9(2)13(14(17)19)10-6-7-12(16)21-10/h6-7H,5,8H2,1-4H3. The van der Waals surface area contributed by atoms with Gasteiger partial charge in [0.25, 0.3) is 5.91 Å². The number of carbonyl (C=O) groups excluding carboxylic acids is 2. The Balaban J connectivity index is 2.40. The Morgan fingerprint density at radius 1 is 1.48 bits per heavy atom. The van der Waals surface area contributed by atoms with Gasteiger partial charge >= 0.3 is 0 Å². The van der Waals surface area contributed by atoms with Gasteiger partial charge in [0, 0.05) is 11.3 Å². The zero-order valence-electron chi connectivity index (χ0n) is 12.5. The summed E-state index contributed by atoms with van der Waals surface area (Å²) in [7, 11) is 0. The monoisotopic (exact) mass is 327 g/mol. The number of allylic oxidation sites excluding steroid dienone is 1. The van der Waals surface area contributed by atoms with Crippen LogP contribution >= 0.6 is 22.9 Å². The lowest BCUT2D eigenvalue weighted by atomic mass is 9.93. The summed E-state index contributed by atoms with van der Waals surface area (Å²) in [5.74, 6) is 0.376. The van der Waals surface area contributed by atoms with E-state index >= 15 is 0 Å². The van der Waals surface area contributed by atoms with Gasteiger partial charge in [0.15, 0.2) is 12.5 Å². The number of hydrogen-bond donors (Lipinski definition) is 0. The second-order valence-corrected chi connectivity index (χ2v) is 7.09. The van der Waals surface area contributed by atoms with Crippen molar-refractivity contribution in [2.75, 3.05) is 6.73 Å². The first-order valence-corrected chi connectivity index (χ1v) is 7.93. The maximum Gasteiger partial charge on any atom is 0.262 e. The largest absolute Gasteiger partial charge is 0.477 e. The van der Waals surface area contributed by atoms with Crippen LogP contribution in [0.2, 0.25) is 4.34 Å². The van der Waals surface area contributed by atoms with E-state index in [0.717, 1.165) is 4.88 Å². The van der Waals surface area contributed by atoms with Crippen molar-refractivity contribution in [1.82, 2.24) is 4.90 Å². The van der Waals surface area contributed by atoms with E-state index in [1.54, 1.807) is 39.8 Å². The van der Waals surface area contributed by atoms with E-state index < -0.39 is 5.54 Å². The molecule has 0 unspecified atom stereocenters. The van der Waals surface area contributed by atoms with E-state index in [0.29, 0.717) is 22.1 Å². The van der Waals surface area contributed by atoms with Crippen LogP contribution in [0.25, 0.3) is 5.57 Å². The molecule has 0 saturated carbocycles. The van der Waals surface area contributed by atoms with Crippen molar-refractivity contribution in [2.45, 2.75) is 39.7 Å². The summed E-state index contributed by atoms with van der Waals surface area (Å²) >= 11 is 7.27. The quantitative estimate of drug-likeness (QED) is 0.847. The number of carbonyl (C=O) groups is 2. The number of ether oxygens (including phenoxy) is 1. The fourth-order valence-electron chi connectivity index (χ4n) is 2.30. The minimum Gasteiger partial charge on any atom is -0.477 e. The molecule has 0 atom stereocenters. The average molecular weight is 328 g/mol. The van der Waals surface area contributed by atoms with E-state index in [1.807, 2.05) is 0 Å². The minimum atomic E-state index is -0.890. The van der Waals surface area contributed by atoms with Crippen LogP contribution in [-0.2, 0) is 14.3 Å². The molecule has 1 aromatic rings. The van der Waals surface area contributed by atoms with Crippen LogP contribution in [0.15, 0.2) is 17.9 Å². The third kappa shape index (κ3) is 2.85. The summed E-state index contributed by atoms with van der Waals surface area (Å²) in [4.78, 5) is 27.2. The smallest absolute Gasteiger partial charge is 0.262 e. The van der Waals surface area contributed by atoms with Crippen molar-refractivity contribution in [3.05, 3.63) is 27.1 Å². The number of ketones is 1. The molecule has 4 nitrogen and oxygen atoms in total. The summed E-state index contributed by atoms with van der Waals surface area (Å²) < 4.78 is 6.22. The molecular formula is C15H18ClNO3S. The molecule has 21 heavy (non-hydrogen) atoms. The molecule has 0 fully saturated rings. The van der Waals surface area contributed by atoms with Gasteiger partial charge in [-0.25, -0.2) is 0 Å². The van der Waals surface area contributed by atoms with Gasteiger partial charge in [-0.15, -0.1) is 11.3 Å². The fourth-order valence-corrected chi connectivity index (χ4v) is 3.43. The summed E-state index contributed by atoms with van der Waals surface area (Å²) in [6.07, 6.45) is 0.375. The van der Waals surface area contributed by atoms with Crippen molar-refractivity contribution < 1.29 is 14.3 Å². The summed E-state index contributed by atoms with van der Waals surface area (Å²) in [5, 5.41) is 0. The van der Waals surface area contributed by atoms with Crippen molar-refractivity contribution >= 4 is 40.2 Å². The molecule has 2 rings (SSSR count). The first-order chi connectivity index (χ1) is 9.78. The number of hydrogen-bond acceptors (Lipinski definition) is 4. The molecule has 0 aliphatic carbocycles. The van der Waals surface area contributed by atoms with E-state index in [4.69, 9.17) is 16.3 Å². The van der Waals surface area contributed by atoms with Crippen LogP contribution in [0.1, 0.15) is 39.0 Å². The number of thiophene rings is 1. The van der Waals surface area contributed by atoms with Crippen LogP contribution in [0.5, 0.6) is 0 Å². The highest BCUT2D eigenvalue weighted by Crippen LogP contribution is 2.35. The molecule has 1 aliphatic rings. The number of nitrogens with zero attached hydrogens (tertiary/aromatic N) is 1. The van der Waals surface area contributed by atoms with Crippen LogP contribution < -0.4 is 0 Å². The molecule has 0 N–H and O–H groups in total. The topological polar surface area (TPSA) is 46.6 Å². The number of Topliss-reactive ketones (excluding diaryl/α,β-unsaturated/α-hetero) is 1. The van der Waals surface area contributed by atoms with E-state index in [9.17, 15) is 9.59 Å². The summed E-state index contributed by atoms with van der Waals surface area (Å²) in [5.41, 5.74) is -0.408. The molecule has 114 valence electrons. The Morgan fingerprint density at radius 3 is 2.67 bits per heavy atom. The van der Waals surface area contributed by atoms with Gasteiger partial charge in [-0.05, 0) is 32.9 Å². The summed E-state index contributed by atoms with van der Waals surface area (Å²) in [6.45, 7) is 7.14. The van der Waals surface area contributed by atoms with E-state index in [-0.39, 0.29) is 18.4 Å². The van der Waals surface area contributed by atoms with Crippen LogP contribution in [0, 0.1) is 0 Å². The highest BCUT2D eigenvalue weighted by atomic mass is 35.5. The first kappa shape index (κ1) is 16.0. The van der Waals surface area contributed by atoms with Gasteiger partial charge in [-0.1, -0.05) is 18.5 Å². The SMILES string of the molecule is CCC(=O)C(C)(C)N1COC(C)=C(c2ccc(Cl)s2)C1=O. The molecule has 0 spiro atoms. The van der Waals surface area contributed by atoms with Gasteiger partial charge in [-0.2, -0.15) is 0 Å². The molecule has 0 bridgehead atoms. The third-order valence-electron chi connectivity index (χ3n) is 3.72. The van der Waals surface area contributed by atoms with Crippen LogP contribution in [-0.4, -0.2) is 28.9 Å². The molecule has 0 radical (unpaired) electrons. The molecular weight excluding hydrogens is 310 g/mol. The molecule has 1 aromatic heterocycles. The fraction of sp³-hybridized carbons (Fsp3) is 0.467. The molecule has 6 heteroatoms. The van der Waals surface area contributed by atoms with Gasteiger partial charge in [0.2, 0.25) is 0 Å².